The van der Waals surface area contributed by atoms with Gasteiger partial charge in [-0.15, -0.1) is 0 Å². The first kappa shape index (κ1) is 12.5. The van der Waals surface area contributed by atoms with Crippen molar-refractivity contribution in [3.05, 3.63) is 29.8 Å². The maximum Gasteiger partial charge on any atom is 0.115 e. The maximum absolute atomic E-state index is 9.41. The van der Waals surface area contributed by atoms with Gasteiger partial charge in [0.25, 0.3) is 0 Å². The Hall–Kier alpha value is -0.980. The van der Waals surface area contributed by atoms with Crippen molar-refractivity contribution in [2.75, 3.05) is 0 Å². The smallest absolute Gasteiger partial charge is 0.115 e. The van der Waals surface area contributed by atoms with Gasteiger partial charge in [0.1, 0.15) is 5.75 Å². The van der Waals surface area contributed by atoms with E-state index in [2.05, 4.69) is 46.8 Å². The minimum atomic E-state index is 0.305. The van der Waals surface area contributed by atoms with E-state index in [0.29, 0.717) is 22.0 Å². The van der Waals surface area contributed by atoms with Crippen molar-refractivity contribution < 1.29 is 5.11 Å². The Morgan fingerprint density at radius 3 is 1.94 bits per heavy atom. The maximum atomic E-state index is 9.41. The zero-order valence-electron chi connectivity index (χ0n) is 11.7. The lowest BCUT2D eigenvalue weighted by molar-refractivity contribution is 0.296. The van der Waals surface area contributed by atoms with Crippen molar-refractivity contribution in [2.45, 2.75) is 52.9 Å². The third-order valence-corrected chi connectivity index (χ3v) is 4.17. The number of benzene rings is 1. The molecule has 0 saturated heterocycles. The van der Waals surface area contributed by atoms with Gasteiger partial charge >= 0.3 is 0 Å². The summed E-state index contributed by atoms with van der Waals surface area (Å²) < 4.78 is 0. The van der Waals surface area contributed by atoms with Gasteiger partial charge in [0.15, 0.2) is 0 Å². The Morgan fingerprint density at radius 1 is 1.12 bits per heavy atom. The Morgan fingerprint density at radius 2 is 1.59 bits per heavy atom. The van der Waals surface area contributed by atoms with E-state index in [1.165, 1.54) is 18.4 Å². The Labute approximate surface area is 105 Å². The third-order valence-electron chi connectivity index (χ3n) is 4.17. The van der Waals surface area contributed by atoms with Crippen LogP contribution < -0.4 is 0 Å². The molecule has 1 aromatic carbocycles. The number of phenols is 1. The van der Waals surface area contributed by atoms with Gasteiger partial charge in [-0.05, 0) is 41.4 Å². The quantitative estimate of drug-likeness (QED) is 0.796. The van der Waals surface area contributed by atoms with Crippen LogP contribution in [-0.2, 0) is 5.41 Å². The molecule has 0 spiro atoms. The topological polar surface area (TPSA) is 20.2 Å². The lowest BCUT2D eigenvalue weighted by Gasteiger charge is -2.29. The molecule has 1 unspecified atom stereocenters. The molecule has 1 nitrogen and oxygen atoms in total. The average molecular weight is 232 g/mol. The van der Waals surface area contributed by atoms with Crippen LogP contribution in [0.4, 0.5) is 0 Å². The fraction of sp³-hybridized carbons (Fsp3) is 0.625. The molecule has 0 aromatic heterocycles. The first-order valence-electron chi connectivity index (χ1n) is 6.46. The van der Waals surface area contributed by atoms with E-state index < -0.39 is 0 Å². The second kappa shape index (κ2) is 3.51. The fourth-order valence-corrected chi connectivity index (χ4v) is 3.29. The highest BCUT2D eigenvalue weighted by molar-refractivity contribution is 5.40. The lowest BCUT2D eigenvalue weighted by atomic mass is 9.75. The van der Waals surface area contributed by atoms with Gasteiger partial charge in [-0.25, -0.2) is 0 Å². The number of hydrogen-bond donors (Lipinski definition) is 1. The molecular weight excluding hydrogens is 208 g/mol. The molecule has 1 heteroatoms. The standard InChI is InChI=1S/C16H24O/c1-14(2,3)10-16(11-15(16,4)5)12-6-8-13(17)9-7-12/h6-9,17H,10-11H2,1-5H3. The minimum Gasteiger partial charge on any atom is -0.508 e. The molecule has 0 radical (unpaired) electrons. The molecule has 1 N–H and O–H groups in total. The predicted octanol–water partition coefficient (Wildman–Crippen LogP) is 4.50. The van der Waals surface area contributed by atoms with Crippen LogP contribution in [0.2, 0.25) is 0 Å². The van der Waals surface area contributed by atoms with Crippen LogP contribution in [0.25, 0.3) is 0 Å². The van der Waals surface area contributed by atoms with Crippen LogP contribution in [0, 0.1) is 10.8 Å². The number of phenolic OH excluding ortho intramolecular Hbond substituents is 1. The summed E-state index contributed by atoms with van der Waals surface area (Å²) in [5.74, 6) is 0.359. The van der Waals surface area contributed by atoms with Crippen LogP contribution in [0.15, 0.2) is 24.3 Å². The number of aromatic hydroxyl groups is 1. The summed E-state index contributed by atoms with van der Waals surface area (Å²) in [5.41, 5.74) is 2.41. The van der Waals surface area contributed by atoms with Gasteiger partial charge < -0.3 is 5.11 Å². The minimum absolute atomic E-state index is 0.305. The second-order valence-corrected chi connectivity index (χ2v) is 7.43. The molecule has 0 bridgehead atoms. The highest BCUT2D eigenvalue weighted by Crippen LogP contribution is 2.68. The van der Waals surface area contributed by atoms with Crippen LogP contribution in [0.3, 0.4) is 0 Å². The number of hydrogen-bond acceptors (Lipinski definition) is 1. The first-order valence-corrected chi connectivity index (χ1v) is 6.46. The van der Waals surface area contributed by atoms with Crippen LogP contribution in [-0.4, -0.2) is 5.11 Å². The van der Waals surface area contributed by atoms with Gasteiger partial charge in [-0.1, -0.05) is 46.8 Å². The number of rotatable bonds is 2. The van der Waals surface area contributed by atoms with E-state index in [-0.39, 0.29) is 0 Å². The molecule has 0 heterocycles. The summed E-state index contributed by atoms with van der Waals surface area (Å²) in [6.07, 6.45) is 2.46. The van der Waals surface area contributed by atoms with Crippen molar-refractivity contribution in [1.82, 2.24) is 0 Å². The largest absolute Gasteiger partial charge is 0.508 e. The van der Waals surface area contributed by atoms with Gasteiger partial charge in [0, 0.05) is 5.41 Å². The van der Waals surface area contributed by atoms with E-state index in [1.807, 2.05) is 12.1 Å². The van der Waals surface area contributed by atoms with Gasteiger partial charge in [0.05, 0.1) is 0 Å². The zero-order valence-corrected chi connectivity index (χ0v) is 11.7. The van der Waals surface area contributed by atoms with E-state index in [1.54, 1.807) is 0 Å². The van der Waals surface area contributed by atoms with E-state index in [0.717, 1.165) is 0 Å². The van der Waals surface area contributed by atoms with Crippen LogP contribution in [0.5, 0.6) is 5.75 Å². The molecule has 1 fully saturated rings. The van der Waals surface area contributed by atoms with Crippen molar-refractivity contribution >= 4 is 0 Å². The molecular formula is C16H24O. The highest BCUT2D eigenvalue weighted by atomic mass is 16.3. The molecule has 1 aliphatic rings. The highest BCUT2D eigenvalue weighted by Gasteiger charge is 2.62. The van der Waals surface area contributed by atoms with Crippen molar-refractivity contribution in [3.63, 3.8) is 0 Å². The van der Waals surface area contributed by atoms with E-state index in [4.69, 9.17) is 0 Å². The lowest BCUT2D eigenvalue weighted by Crippen LogP contribution is -2.22. The van der Waals surface area contributed by atoms with Crippen molar-refractivity contribution in [1.29, 1.82) is 0 Å². The molecule has 94 valence electrons. The summed E-state index contributed by atoms with van der Waals surface area (Å²) >= 11 is 0. The molecule has 1 aliphatic carbocycles. The summed E-state index contributed by atoms with van der Waals surface area (Å²) in [4.78, 5) is 0. The SMILES string of the molecule is CC(C)(C)CC1(c2ccc(O)cc2)CC1(C)C. The monoisotopic (exact) mass is 232 g/mol. The average Bonchev–Trinajstić information content (AvgIpc) is 2.66. The zero-order chi connectivity index (χ0) is 12.9. The van der Waals surface area contributed by atoms with E-state index in [9.17, 15) is 5.11 Å². The summed E-state index contributed by atoms with van der Waals surface area (Å²) in [6.45, 7) is 11.6. The molecule has 0 amide bonds. The Bertz CT molecular complexity index is 408. The molecule has 0 aliphatic heterocycles. The van der Waals surface area contributed by atoms with E-state index >= 15 is 0 Å². The molecule has 1 aromatic rings. The van der Waals surface area contributed by atoms with Gasteiger partial charge in [-0.3, -0.25) is 0 Å². The normalized spacial score (nSPS) is 26.9. The summed E-state index contributed by atoms with van der Waals surface area (Å²) in [7, 11) is 0. The van der Waals surface area contributed by atoms with Crippen molar-refractivity contribution in [3.8, 4) is 5.75 Å². The van der Waals surface area contributed by atoms with Gasteiger partial charge in [0.2, 0.25) is 0 Å². The Balaban J connectivity index is 2.34. The summed E-state index contributed by atoms with van der Waals surface area (Å²) in [6, 6.07) is 7.81. The third kappa shape index (κ3) is 2.20. The van der Waals surface area contributed by atoms with Crippen LogP contribution in [0.1, 0.15) is 53.0 Å². The molecule has 2 rings (SSSR count). The molecule has 1 atom stereocenters. The van der Waals surface area contributed by atoms with Crippen LogP contribution >= 0.6 is 0 Å². The van der Waals surface area contributed by atoms with Gasteiger partial charge in [-0.2, -0.15) is 0 Å². The Kier molecular flexibility index (Phi) is 2.57. The molecule has 1 saturated carbocycles. The first-order chi connectivity index (χ1) is 7.66. The molecule has 17 heavy (non-hydrogen) atoms. The second-order valence-electron chi connectivity index (χ2n) is 7.43. The van der Waals surface area contributed by atoms with Crippen molar-refractivity contribution in [2.24, 2.45) is 10.8 Å². The predicted molar refractivity (Wildman–Crippen MR) is 72.3 cm³/mol. The summed E-state index contributed by atoms with van der Waals surface area (Å²) in [5, 5.41) is 9.41. The fourth-order valence-electron chi connectivity index (χ4n) is 3.29.